The van der Waals surface area contributed by atoms with Gasteiger partial charge in [0.1, 0.15) is 11.6 Å². The van der Waals surface area contributed by atoms with Gasteiger partial charge in [-0.1, -0.05) is 12.1 Å². The molecule has 0 aromatic heterocycles. The van der Waals surface area contributed by atoms with Gasteiger partial charge >= 0.3 is 0 Å². The van der Waals surface area contributed by atoms with Gasteiger partial charge < -0.3 is 15.8 Å². The first-order chi connectivity index (χ1) is 15.2. The highest BCUT2D eigenvalue weighted by Crippen LogP contribution is 2.20. The number of sulfonamides is 1. The van der Waals surface area contributed by atoms with Crippen molar-refractivity contribution in [2.24, 2.45) is 11.7 Å². The number of rotatable bonds is 8. The van der Waals surface area contributed by atoms with E-state index in [-0.39, 0.29) is 44.2 Å². The third-order valence-corrected chi connectivity index (χ3v) is 6.99. The molecule has 11 heteroatoms. The van der Waals surface area contributed by atoms with Crippen molar-refractivity contribution in [3.63, 3.8) is 0 Å². The van der Waals surface area contributed by atoms with Gasteiger partial charge in [-0.3, -0.25) is 9.59 Å². The van der Waals surface area contributed by atoms with Crippen molar-refractivity contribution >= 4 is 21.8 Å². The largest absolute Gasteiger partial charge is 0.379 e. The molecule has 2 aromatic carbocycles. The number of benzene rings is 2. The molecule has 1 fully saturated rings. The molecule has 1 aliphatic rings. The monoisotopic (exact) mass is 467 g/mol. The van der Waals surface area contributed by atoms with Crippen molar-refractivity contribution < 1.29 is 31.5 Å². The number of ether oxygens (including phenoxy) is 1. The second-order valence-corrected chi connectivity index (χ2v) is 9.24. The maximum absolute atomic E-state index is 14.3. The topological polar surface area (TPSA) is 119 Å². The molecule has 172 valence electrons. The fourth-order valence-electron chi connectivity index (χ4n) is 3.26. The highest BCUT2D eigenvalue weighted by Gasteiger charge is 2.28. The molecule has 0 radical (unpaired) electrons. The van der Waals surface area contributed by atoms with Crippen molar-refractivity contribution in [2.75, 3.05) is 32.8 Å². The summed E-state index contributed by atoms with van der Waals surface area (Å²) in [5.41, 5.74) is 5.56. The Labute approximate surface area is 184 Å². The van der Waals surface area contributed by atoms with E-state index in [1.165, 1.54) is 28.6 Å². The minimum atomic E-state index is -3.92. The third kappa shape index (κ3) is 5.67. The zero-order valence-corrected chi connectivity index (χ0v) is 17.9. The minimum absolute atomic E-state index is 0.143. The van der Waals surface area contributed by atoms with E-state index >= 15 is 0 Å². The Hall–Kier alpha value is -2.89. The van der Waals surface area contributed by atoms with Crippen molar-refractivity contribution in [3.8, 4) is 0 Å². The number of hydrogen-bond acceptors (Lipinski definition) is 5. The van der Waals surface area contributed by atoms with Crippen LogP contribution in [0.2, 0.25) is 0 Å². The van der Waals surface area contributed by atoms with E-state index in [9.17, 15) is 26.8 Å². The quantitative estimate of drug-likeness (QED) is 0.602. The average molecular weight is 467 g/mol. The van der Waals surface area contributed by atoms with E-state index in [0.29, 0.717) is 5.56 Å². The van der Waals surface area contributed by atoms with Crippen molar-refractivity contribution in [1.29, 1.82) is 0 Å². The summed E-state index contributed by atoms with van der Waals surface area (Å²) in [5.74, 6) is -3.74. The number of morpholine rings is 1. The smallest absolute Gasteiger partial charge is 0.254 e. The highest BCUT2D eigenvalue weighted by atomic mass is 32.2. The SMILES string of the molecule is NC(=O)C(CNC(=O)c1cc(S(=O)(=O)N2CCOCC2)ccc1F)Cc1ccc(F)cc1. The molecule has 1 saturated heterocycles. The van der Waals surface area contributed by atoms with Gasteiger partial charge in [0.05, 0.1) is 29.6 Å². The maximum atomic E-state index is 14.3. The van der Waals surface area contributed by atoms with Crippen LogP contribution in [-0.2, 0) is 26.0 Å². The van der Waals surface area contributed by atoms with E-state index in [1.807, 2.05) is 0 Å². The minimum Gasteiger partial charge on any atom is -0.379 e. The Morgan fingerprint density at radius 2 is 1.75 bits per heavy atom. The number of carbonyl (C=O) groups excluding carboxylic acids is 2. The lowest BCUT2D eigenvalue weighted by Crippen LogP contribution is -2.40. The Morgan fingerprint density at radius 3 is 2.38 bits per heavy atom. The van der Waals surface area contributed by atoms with E-state index in [1.54, 1.807) is 0 Å². The van der Waals surface area contributed by atoms with Crippen LogP contribution in [0.5, 0.6) is 0 Å². The van der Waals surface area contributed by atoms with Gasteiger partial charge in [0.15, 0.2) is 0 Å². The van der Waals surface area contributed by atoms with Crippen LogP contribution in [0.3, 0.4) is 0 Å². The Morgan fingerprint density at radius 1 is 1.09 bits per heavy atom. The Bertz CT molecular complexity index is 1090. The summed E-state index contributed by atoms with van der Waals surface area (Å²) < 4.78 is 59.3. The van der Waals surface area contributed by atoms with E-state index in [4.69, 9.17) is 10.5 Å². The van der Waals surface area contributed by atoms with Crippen LogP contribution in [0, 0.1) is 17.6 Å². The normalized spacial score (nSPS) is 15.8. The number of nitrogens with two attached hydrogens (primary N) is 1. The molecule has 2 aromatic rings. The van der Waals surface area contributed by atoms with Crippen molar-refractivity contribution in [2.45, 2.75) is 11.3 Å². The number of nitrogens with zero attached hydrogens (tertiary/aromatic N) is 1. The lowest BCUT2D eigenvalue weighted by molar-refractivity contribution is -0.121. The number of hydrogen-bond donors (Lipinski definition) is 2. The first kappa shape index (κ1) is 23.8. The van der Waals surface area contributed by atoms with Gasteiger partial charge in [-0.15, -0.1) is 0 Å². The van der Waals surface area contributed by atoms with E-state index < -0.39 is 45.0 Å². The van der Waals surface area contributed by atoms with Crippen molar-refractivity contribution in [3.05, 3.63) is 65.2 Å². The summed E-state index contributed by atoms with van der Waals surface area (Å²) in [6.45, 7) is 0.605. The molecule has 8 nitrogen and oxygen atoms in total. The number of carbonyl (C=O) groups is 2. The zero-order chi connectivity index (χ0) is 23.3. The summed E-state index contributed by atoms with van der Waals surface area (Å²) in [6, 6.07) is 8.43. The highest BCUT2D eigenvalue weighted by molar-refractivity contribution is 7.89. The first-order valence-corrected chi connectivity index (χ1v) is 11.3. The number of amides is 2. The molecule has 3 N–H and O–H groups in total. The van der Waals surface area contributed by atoms with Crippen LogP contribution in [0.15, 0.2) is 47.4 Å². The average Bonchev–Trinajstić information content (AvgIpc) is 2.78. The first-order valence-electron chi connectivity index (χ1n) is 9.88. The second-order valence-electron chi connectivity index (χ2n) is 7.30. The van der Waals surface area contributed by atoms with Gasteiger partial charge in [-0.05, 0) is 42.3 Å². The van der Waals surface area contributed by atoms with Gasteiger partial charge in [-0.25, -0.2) is 17.2 Å². The van der Waals surface area contributed by atoms with Crippen LogP contribution < -0.4 is 11.1 Å². The lowest BCUT2D eigenvalue weighted by Gasteiger charge is -2.26. The maximum Gasteiger partial charge on any atom is 0.254 e. The molecular formula is C21H23F2N3O5S. The molecule has 0 aliphatic carbocycles. The molecule has 3 rings (SSSR count). The van der Waals surface area contributed by atoms with Crippen molar-refractivity contribution in [1.82, 2.24) is 9.62 Å². The molecular weight excluding hydrogens is 444 g/mol. The molecule has 1 aliphatic heterocycles. The zero-order valence-electron chi connectivity index (χ0n) is 17.1. The van der Waals surface area contributed by atoms with Gasteiger partial charge in [-0.2, -0.15) is 4.31 Å². The predicted molar refractivity (Wildman–Crippen MR) is 111 cm³/mol. The molecule has 0 spiro atoms. The molecule has 1 heterocycles. The molecule has 0 bridgehead atoms. The lowest BCUT2D eigenvalue weighted by atomic mass is 9.98. The summed E-state index contributed by atoms with van der Waals surface area (Å²) in [5, 5.41) is 2.43. The summed E-state index contributed by atoms with van der Waals surface area (Å²) in [4.78, 5) is 24.1. The predicted octanol–water partition coefficient (Wildman–Crippen LogP) is 1.06. The Balaban J connectivity index is 1.73. The summed E-state index contributed by atoms with van der Waals surface area (Å²) in [7, 11) is -3.92. The number of halogens is 2. The number of nitrogens with one attached hydrogen (secondary N) is 1. The molecule has 0 saturated carbocycles. The number of primary amides is 1. The van der Waals surface area contributed by atoms with Gasteiger partial charge in [0.2, 0.25) is 15.9 Å². The molecule has 1 atom stereocenters. The summed E-state index contributed by atoms with van der Waals surface area (Å²) in [6.07, 6.45) is 0.143. The van der Waals surface area contributed by atoms with E-state index in [2.05, 4.69) is 5.32 Å². The van der Waals surface area contributed by atoms with Crippen LogP contribution in [0.25, 0.3) is 0 Å². The third-order valence-electron chi connectivity index (χ3n) is 5.10. The second kappa shape index (κ2) is 10.2. The van der Waals surface area contributed by atoms with Gasteiger partial charge in [0, 0.05) is 19.6 Å². The molecule has 2 amide bonds. The standard InChI is InChI=1S/C21H23F2N3O5S/c22-16-3-1-14(2-4-16)11-15(20(24)27)13-25-21(28)18-12-17(5-6-19(18)23)32(29,30)26-7-9-31-10-8-26/h1-6,12,15H,7-11,13H2,(H2,24,27)(H,25,28). The van der Waals surface area contributed by atoms with Crippen LogP contribution in [0.4, 0.5) is 8.78 Å². The van der Waals surface area contributed by atoms with Gasteiger partial charge in [0.25, 0.3) is 5.91 Å². The van der Waals surface area contributed by atoms with E-state index in [0.717, 1.165) is 18.2 Å². The van der Waals surface area contributed by atoms with Crippen LogP contribution in [-0.4, -0.2) is 57.4 Å². The summed E-state index contributed by atoms with van der Waals surface area (Å²) >= 11 is 0. The fraction of sp³-hybridized carbons (Fsp3) is 0.333. The Kier molecular flexibility index (Phi) is 7.54. The van der Waals surface area contributed by atoms with Crippen LogP contribution >= 0.6 is 0 Å². The fourth-order valence-corrected chi connectivity index (χ4v) is 4.70. The van der Waals surface area contributed by atoms with Crippen LogP contribution in [0.1, 0.15) is 15.9 Å². The molecule has 1 unspecified atom stereocenters. The molecule has 32 heavy (non-hydrogen) atoms.